The van der Waals surface area contributed by atoms with Crippen LogP contribution in [0.2, 0.25) is 0 Å². The maximum absolute atomic E-state index is 11.5. The van der Waals surface area contributed by atoms with Gasteiger partial charge in [-0.15, -0.1) is 10.2 Å². The lowest BCUT2D eigenvalue weighted by Gasteiger charge is -2.32. The van der Waals surface area contributed by atoms with Gasteiger partial charge in [0.15, 0.2) is 5.82 Å². The lowest BCUT2D eigenvalue weighted by Crippen LogP contribution is -2.48. The highest BCUT2D eigenvalue weighted by Crippen LogP contribution is 2.14. The Morgan fingerprint density at radius 2 is 2.13 bits per heavy atom. The van der Waals surface area contributed by atoms with Crippen LogP contribution in [0, 0.1) is 0 Å². The number of carbonyl (C=O) groups excluding carboxylic acids is 1. The van der Waals surface area contributed by atoms with Crippen LogP contribution < -0.4 is 4.90 Å². The van der Waals surface area contributed by atoms with Crippen molar-refractivity contribution in [1.29, 1.82) is 0 Å². The van der Waals surface area contributed by atoms with Crippen molar-refractivity contribution in [3.63, 3.8) is 0 Å². The van der Waals surface area contributed by atoms with E-state index in [9.17, 15) is 4.79 Å². The Hall–Kier alpha value is -1.17. The molecular formula is C9H11BrN4O. The van der Waals surface area contributed by atoms with Crippen molar-refractivity contribution in [3.05, 3.63) is 16.7 Å². The van der Waals surface area contributed by atoms with Gasteiger partial charge in [-0.25, -0.2) is 0 Å². The minimum Gasteiger partial charge on any atom is -0.344 e. The Morgan fingerprint density at radius 1 is 1.33 bits per heavy atom. The third kappa shape index (κ3) is 2.26. The molecule has 0 unspecified atom stereocenters. The Kier molecular flexibility index (Phi) is 2.86. The first kappa shape index (κ1) is 10.4. The van der Waals surface area contributed by atoms with Crippen molar-refractivity contribution in [2.45, 2.75) is 0 Å². The van der Waals surface area contributed by atoms with Gasteiger partial charge in [0.2, 0.25) is 5.91 Å². The average Bonchev–Trinajstić information content (AvgIpc) is 2.23. The molecule has 15 heavy (non-hydrogen) atoms. The second-order valence-electron chi connectivity index (χ2n) is 3.45. The van der Waals surface area contributed by atoms with E-state index in [2.05, 4.69) is 26.1 Å². The summed E-state index contributed by atoms with van der Waals surface area (Å²) in [6, 6.07) is 3.68. The topological polar surface area (TPSA) is 49.3 Å². The molecule has 1 aromatic rings. The van der Waals surface area contributed by atoms with E-state index in [4.69, 9.17) is 0 Å². The molecule has 0 saturated carbocycles. The van der Waals surface area contributed by atoms with Gasteiger partial charge >= 0.3 is 0 Å². The van der Waals surface area contributed by atoms with Crippen LogP contribution in [-0.4, -0.2) is 47.7 Å². The van der Waals surface area contributed by atoms with Crippen LogP contribution in [0.5, 0.6) is 0 Å². The van der Waals surface area contributed by atoms with Gasteiger partial charge in [0.25, 0.3) is 0 Å². The van der Waals surface area contributed by atoms with E-state index in [0.717, 1.165) is 18.9 Å². The molecule has 2 heterocycles. The van der Waals surface area contributed by atoms with Gasteiger partial charge in [0.1, 0.15) is 4.60 Å². The van der Waals surface area contributed by atoms with Gasteiger partial charge in [-0.3, -0.25) is 4.79 Å². The summed E-state index contributed by atoms with van der Waals surface area (Å²) >= 11 is 3.22. The van der Waals surface area contributed by atoms with Crippen molar-refractivity contribution >= 4 is 27.7 Å². The molecule has 80 valence electrons. The maximum atomic E-state index is 11.5. The van der Waals surface area contributed by atoms with Crippen LogP contribution in [-0.2, 0) is 4.79 Å². The maximum Gasteiger partial charge on any atom is 0.241 e. The fraction of sp³-hybridized carbons (Fsp3) is 0.444. The molecule has 6 heteroatoms. The van der Waals surface area contributed by atoms with E-state index in [0.29, 0.717) is 11.1 Å². The van der Waals surface area contributed by atoms with Gasteiger partial charge in [-0.05, 0) is 28.1 Å². The Labute approximate surface area is 96.2 Å². The first-order chi connectivity index (χ1) is 7.16. The number of rotatable bonds is 1. The van der Waals surface area contributed by atoms with Crippen LogP contribution in [0.25, 0.3) is 0 Å². The molecule has 0 N–H and O–H groups in total. The predicted octanol–water partition coefficient (Wildman–Crippen LogP) is 0.518. The third-order valence-corrected chi connectivity index (χ3v) is 2.82. The normalized spacial score (nSPS) is 17.1. The number of halogens is 1. The number of likely N-dealkylation sites (N-methyl/N-ethyl adjacent to an activating group) is 1. The predicted molar refractivity (Wildman–Crippen MR) is 59.6 cm³/mol. The second-order valence-corrected chi connectivity index (χ2v) is 4.26. The number of amides is 1. The largest absolute Gasteiger partial charge is 0.344 e. The summed E-state index contributed by atoms with van der Waals surface area (Å²) in [6.45, 7) is 1.92. The SMILES string of the molecule is CN1CCN(c2ccc(Br)nn2)CC1=O. The van der Waals surface area contributed by atoms with Gasteiger partial charge in [0, 0.05) is 20.1 Å². The Bertz CT molecular complexity index is 367. The lowest BCUT2D eigenvalue weighted by molar-refractivity contribution is -0.129. The highest BCUT2D eigenvalue weighted by Gasteiger charge is 2.21. The molecule has 1 amide bonds. The fourth-order valence-electron chi connectivity index (χ4n) is 1.43. The van der Waals surface area contributed by atoms with Crippen LogP contribution in [0.15, 0.2) is 16.7 Å². The molecular weight excluding hydrogens is 260 g/mol. The van der Waals surface area contributed by atoms with E-state index < -0.39 is 0 Å². The summed E-state index contributed by atoms with van der Waals surface area (Å²) in [4.78, 5) is 15.1. The van der Waals surface area contributed by atoms with Crippen molar-refractivity contribution in [2.24, 2.45) is 0 Å². The monoisotopic (exact) mass is 270 g/mol. The molecule has 2 rings (SSSR count). The van der Waals surface area contributed by atoms with Gasteiger partial charge < -0.3 is 9.80 Å². The van der Waals surface area contributed by atoms with Crippen molar-refractivity contribution < 1.29 is 4.79 Å². The van der Waals surface area contributed by atoms with Crippen molar-refractivity contribution in [3.8, 4) is 0 Å². The molecule has 0 bridgehead atoms. The molecule has 1 aromatic heterocycles. The van der Waals surface area contributed by atoms with Crippen molar-refractivity contribution in [1.82, 2.24) is 15.1 Å². The molecule has 0 aliphatic carbocycles. The number of carbonyl (C=O) groups is 1. The fourth-order valence-corrected chi connectivity index (χ4v) is 1.64. The zero-order valence-corrected chi connectivity index (χ0v) is 9.94. The zero-order chi connectivity index (χ0) is 10.8. The van der Waals surface area contributed by atoms with E-state index in [1.807, 2.05) is 24.1 Å². The third-order valence-electron chi connectivity index (χ3n) is 2.40. The highest BCUT2D eigenvalue weighted by atomic mass is 79.9. The number of hydrogen-bond donors (Lipinski definition) is 0. The van der Waals surface area contributed by atoms with E-state index in [1.54, 1.807) is 4.90 Å². The number of piperazine rings is 1. The molecule has 1 aliphatic rings. The molecule has 1 saturated heterocycles. The number of aromatic nitrogens is 2. The smallest absolute Gasteiger partial charge is 0.241 e. The van der Waals surface area contributed by atoms with Gasteiger partial charge in [-0.1, -0.05) is 0 Å². The first-order valence-electron chi connectivity index (χ1n) is 4.65. The number of hydrogen-bond acceptors (Lipinski definition) is 4. The van der Waals surface area contributed by atoms with Crippen LogP contribution in [0.1, 0.15) is 0 Å². The van der Waals surface area contributed by atoms with Crippen LogP contribution in [0.3, 0.4) is 0 Å². The molecule has 0 spiro atoms. The Balaban J connectivity index is 2.12. The summed E-state index contributed by atoms with van der Waals surface area (Å²) in [5.41, 5.74) is 0. The summed E-state index contributed by atoms with van der Waals surface area (Å²) in [6.07, 6.45) is 0. The summed E-state index contributed by atoms with van der Waals surface area (Å²) in [5, 5.41) is 7.92. The van der Waals surface area contributed by atoms with Crippen LogP contribution >= 0.6 is 15.9 Å². The standard InChI is InChI=1S/C9H11BrN4O/c1-13-4-5-14(6-9(13)15)8-3-2-7(10)11-12-8/h2-3H,4-6H2,1H3. The quantitative estimate of drug-likeness (QED) is 0.747. The molecule has 5 nitrogen and oxygen atoms in total. The molecule has 1 fully saturated rings. The average molecular weight is 271 g/mol. The summed E-state index contributed by atoms with van der Waals surface area (Å²) < 4.78 is 0.701. The molecule has 1 aliphatic heterocycles. The van der Waals surface area contributed by atoms with E-state index >= 15 is 0 Å². The molecule has 0 aromatic carbocycles. The molecule has 0 radical (unpaired) electrons. The summed E-state index contributed by atoms with van der Waals surface area (Å²) in [5.74, 6) is 0.866. The van der Waals surface area contributed by atoms with E-state index in [-0.39, 0.29) is 5.91 Å². The van der Waals surface area contributed by atoms with Crippen molar-refractivity contribution in [2.75, 3.05) is 31.6 Å². The Morgan fingerprint density at radius 3 is 2.73 bits per heavy atom. The summed E-state index contributed by atoms with van der Waals surface area (Å²) in [7, 11) is 1.81. The number of nitrogens with zero attached hydrogens (tertiary/aromatic N) is 4. The van der Waals surface area contributed by atoms with Crippen LogP contribution in [0.4, 0.5) is 5.82 Å². The zero-order valence-electron chi connectivity index (χ0n) is 8.35. The highest BCUT2D eigenvalue weighted by molar-refractivity contribution is 9.10. The second kappa shape index (κ2) is 4.14. The first-order valence-corrected chi connectivity index (χ1v) is 5.44. The van der Waals surface area contributed by atoms with E-state index in [1.165, 1.54) is 0 Å². The molecule has 0 atom stereocenters. The lowest BCUT2D eigenvalue weighted by atomic mass is 10.3. The number of anilines is 1. The van der Waals surface area contributed by atoms with Gasteiger partial charge in [-0.2, -0.15) is 0 Å². The minimum atomic E-state index is 0.117. The minimum absolute atomic E-state index is 0.117. The van der Waals surface area contributed by atoms with Gasteiger partial charge in [0.05, 0.1) is 6.54 Å².